The van der Waals surface area contributed by atoms with Crippen LogP contribution in [-0.4, -0.2) is 13.4 Å². The van der Waals surface area contributed by atoms with Gasteiger partial charge >= 0.3 is 0 Å². The molecule has 0 N–H and O–H groups in total. The minimum absolute atomic E-state index is 0.0713. The second-order valence-corrected chi connectivity index (χ2v) is 20.5. The van der Waals surface area contributed by atoms with Gasteiger partial charge < -0.3 is 19.6 Å². The van der Waals surface area contributed by atoms with E-state index < -0.39 is 0 Å². The number of para-hydroxylation sites is 2. The van der Waals surface area contributed by atoms with Gasteiger partial charge in [-0.1, -0.05) is 121 Å². The number of rotatable bonds is 6. The molecule has 0 saturated carbocycles. The normalized spacial score (nSPS) is 13.5. The van der Waals surface area contributed by atoms with E-state index in [-0.39, 0.29) is 13.4 Å². The largest absolute Gasteiger partial charge is 0.311 e. The summed E-state index contributed by atoms with van der Waals surface area (Å²) in [5.74, 6) is 0. The third kappa shape index (κ3) is 6.48. The van der Waals surface area contributed by atoms with Crippen LogP contribution in [0.5, 0.6) is 0 Å². The average Bonchev–Trinajstić information content (AvgIpc) is 3.40. The van der Waals surface area contributed by atoms with E-state index in [0.717, 1.165) is 12.1 Å². The Bertz CT molecular complexity index is 3830. The first-order valence-corrected chi connectivity index (χ1v) is 25.4. The minimum atomic E-state index is 0.0713. The van der Waals surface area contributed by atoms with E-state index in [1.165, 1.54) is 134 Å². The Morgan fingerprint density at radius 1 is 0.292 bits per heavy atom. The number of aryl methyl sites for hydroxylation is 5. The van der Waals surface area contributed by atoms with Gasteiger partial charge in [-0.25, -0.2) is 0 Å². The third-order valence-corrected chi connectivity index (χ3v) is 15.8. The van der Waals surface area contributed by atoms with Gasteiger partial charge in [0.25, 0.3) is 13.4 Å². The van der Waals surface area contributed by atoms with Crippen LogP contribution in [0, 0.1) is 34.6 Å². The van der Waals surface area contributed by atoms with E-state index in [1.807, 2.05) is 0 Å². The predicted octanol–water partition coefficient (Wildman–Crippen LogP) is 13.0. The van der Waals surface area contributed by atoms with Crippen molar-refractivity contribution in [2.24, 2.45) is 0 Å². The van der Waals surface area contributed by atoms with Crippen LogP contribution in [0.1, 0.15) is 38.9 Å². The lowest BCUT2D eigenvalue weighted by molar-refractivity contribution is 1.14. The number of fused-ring (bicyclic) bond motifs is 8. The van der Waals surface area contributed by atoms with Gasteiger partial charge in [-0.2, -0.15) is 0 Å². The Morgan fingerprint density at radius 2 is 0.667 bits per heavy atom. The number of nitrogens with zero attached hydrogens (tertiary/aromatic N) is 4. The molecule has 4 nitrogen and oxygen atoms in total. The molecule has 0 atom stereocenters. The molecule has 10 aromatic carbocycles. The van der Waals surface area contributed by atoms with Gasteiger partial charge in [-0.05, 0) is 204 Å². The Kier molecular flexibility index (Phi) is 9.60. The summed E-state index contributed by atoms with van der Waals surface area (Å²) < 4.78 is 0. The van der Waals surface area contributed by atoms with Crippen LogP contribution in [0.4, 0.5) is 68.2 Å². The monoisotopic (exact) mass is 922 g/mol. The number of benzene rings is 10. The quantitative estimate of drug-likeness (QED) is 0.154. The first-order valence-electron chi connectivity index (χ1n) is 25.4. The SMILES string of the molecule is Cc1ccc(N2c3cc(C)ccc3B3c4ccc(C)cc4N(c4ccc(C)c(Cc5ccc6c(c5)N(c5ccccc5)c5cccc7c5B6c5ccc(C)cc5N7c5ccccc5)c4)c4cccc2c43)cc1. The van der Waals surface area contributed by atoms with Gasteiger partial charge in [0.1, 0.15) is 0 Å². The molecule has 0 aliphatic carbocycles. The van der Waals surface area contributed by atoms with Crippen LogP contribution in [0.2, 0.25) is 0 Å². The van der Waals surface area contributed by atoms with Gasteiger partial charge in [0, 0.05) is 68.2 Å². The van der Waals surface area contributed by atoms with Crippen molar-refractivity contribution in [3.8, 4) is 0 Å². The first-order chi connectivity index (χ1) is 35.3. The molecule has 14 rings (SSSR count). The van der Waals surface area contributed by atoms with Gasteiger partial charge in [-0.15, -0.1) is 0 Å². The lowest BCUT2D eigenvalue weighted by atomic mass is 9.33. The Morgan fingerprint density at radius 3 is 1.12 bits per heavy atom. The summed E-state index contributed by atoms with van der Waals surface area (Å²) in [6.45, 7) is 11.2. The molecule has 6 heteroatoms. The average molecular weight is 923 g/mol. The molecule has 0 fully saturated rings. The Labute approximate surface area is 424 Å². The van der Waals surface area contributed by atoms with Crippen LogP contribution in [-0.2, 0) is 6.42 Å². The maximum atomic E-state index is 2.55. The molecule has 0 unspecified atom stereocenters. The number of anilines is 12. The van der Waals surface area contributed by atoms with Crippen molar-refractivity contribution in [3.63, 3.8) is 0 Å². The summed E-state index contributed by atoms with van der Waals surface area (Å²) in [5, 5.41) is 0. The van der Waals surface area contributed by atoms with Gasteiger partial charge in [-0.3, -0.25) is 0 Å². The van der Waals surface area contributed by atoms with Crippen LogP contribution in [0.15, 0.2) is 212 Å². The van der Waals surface area contributed by atoms with E-state index in [1.54, 1.807) is 0 Å². The highest BCUT2D eigenvalue weighted by Crippen LogP contribution is 2.47. The highest BCUT2D eigenvalue weighted by Gasteiger charge is 2.45. The van der Waals surface area contributed by atoms with Crippen molar-refractivity contribution < 1.29 is 0 Å². The van der Waals surface area contributed by atoms with Gasteiger partial charge in [0.2, 0.25) is 0 Å². The molecule has 0 spiro atoms. The molecule has 72 heavy (non-hydrogen) atoms. The van der Waals surface area contributed by atoms with E-state index in [0.29, 0.717) is 0 Å². The van der Waals surface area contributed by atoms with Crippen LogP contribution < -0.4 is 52.4 Å². The highest BCUT2D eigenvalue weighted by atomic mass is 15.2. The molecule has 0 saturated heterocycles. The van der Waals surface area contributed by atoms with Crippen molar-refractivity contribution in [2.75, 3.05) is 19.6 Å². The molecule has 4 heterocycles. The minimum Gasteiger partial charge on any atom is -0.311 e. The van der Waals surface area contributed by atoms with Crippen LogP contribution >= 0.6 is 0 Å². The van der Waals surface area contributed by atoms with Crippen molar-refractivity contribution >= 4 is 114 Å². The number of hydrogen-bond acceptors (Lipinski definition) is 4. The highest BCUT2D eigenvalue weighted by molar-refractivity contribution is 7.01. The molecule has 342 valence electrons. The van der Waals surface area contributed by atoms with E-state index in [9.17, 15) is 0 Å². The summed E-state index contributed by atoms with van der Waals surface area (Å²) in [6.07, 6.45) is 0.794. The molecule has 4 aliphatic heterocycles. The van der Waals surface area contributed by atoms with Crippen molar-refractivity contribution in [1.29, 1.82) is 0 Å². The fraction of sp³-hybridized carbons (Fsp3) is 0.0909. The van der Waals surface area contributed by atoms with Crippen molar-refractivity contribution in [1.82, 2.24) is 0 Å². The van der Waals surface area contributed by atoms with Gasteiger partial charge in [0.15, 0.2) is 0 Å². The smallest absolute Gasteiger partial charge is 0.252 e. The summed E-state index contributed by atoms with van der Waals surface area (Å²) in [7, 11) is 0. The van der Waals surface area contributed by atoms with Gasteiger partial charge in [0.05, 0.1) is 0 Å². The summed E-state index contributed by atoms with van der Waals surface area (Å²) in [6, 6.07) is 80.3. The molecular weight excluding hydrogens is 870 g/mol. The topological polar surface area (TPSA) is 13.0 Å². The second-order valence-electron chi connectivity index (χ2n) is 20.5. The predicted molar refractivity (Wildman–Crippen MR) is 307 cm³/mol. The zero-order valence-electron chi connectivity index (χ0n) is 41.4. The van der Waals surface area contributed by atoms with Crippen LogP contribution in [0.3, 0.4) is 0 Å². The summed E-state index contributed by atoms with van der Waals surface area (Å²) in [5.41, 5.74) is 31.5. The van der Waals surface area contributed by atoms with Crippen molar-refractivity contribution in [2.45, 2.75) is 41.0 Å². The molecule has 4 aliphatic rings. The third-order valence-electron chi connectivity index (χ3n) is 15.8. The van der Waals surface area contributed by atoms with E-state index in [2.05, 4.69) is 267 Å². The Balaban J connectivity index is 0.907. The zero-order chi connectivity index (χ0) is 48.4. The molecule has 0 aromatic heterocycles. The van der Waals surface area contributed by atoms with Crippen molar-refractivity contribution in [3.05, 3.63) is 251 Å². The standard InChI is InChI=1S/C66H52B2N4/c1-42-22-29-51(30-23-42)71-59-20-13-21-60-66(59)67(54-33-25-44(3)37-62(54)71)55-34-26-45(4)38-63(55)72(60)52-31-27-46(5)48(41-52)39-47-28-35-56-64(40-47)70(50-16-10-7-11-17-50)58-19-12-18-57-65(58)68(56)53-32-24-43(2)36-61(53)69(57)49-14-8-6-9-15-49/h6-38,40-41H,39H2,1-5H3. The lowest BCUT2D eigenvalue weighted by Gasteiger charge is -2.44. The zero-order valence-corrected chi connectivity index (χ0v) is 41.4. The fourth-order valence-electron chi connectivity index (χ4n) is 12.5. The van der Waals surface area contributed by atoms with E-state index in [4.69, 9.17) is 0 Å². The second kappa shape index (κ2) is 16.3. The summed E-state index contributed by atoms with van der Waals surface area (Å²) >= 11 is 0. The maximum absolute atomic E-state index is 2.55. The molecule has 0 amide bonds. The number of hydrogen-bond donors (Lipinski definition) is 0. The maximum Gasteiger partial charge on any atom is 0.252 e. The fourth-order valence-corrected chi connectivity index (χ4v) is 12.5. The summed E-state index contributed by atoms with van der Waals surface area (Å²) in [4.78, 5) is 10.0. The molecular formula is C66H52B2N4. The molecule has 0 bridgehead atoms. The molecule has 0 radical (unpaired) electrons. The lowest BCUT2D eigenvalue weighted by Crippen LogP contribution is -2.61. The molecule has 10 aromatic rings. The van der Waals surface area contributed by atoms with E-state index >= 15 is 0 Å². The first kappa shape index (κ1) is 42.4. The Hall–Kier alpha value is -8.47. The van der Waals surface area contributed by atoms with Crippen LogP contribution in [0.25, 0.3) is 0 Å².